The average Bonchev–Trinajstić information content (AvgIpc) is 2.88. The summed E-state index contributed by atoms with van der Waals surface area (Å²) in [7, 11) is 1.73. The van der Waals surface area contributed by atoms with E-state index in [1.807, 2.05) is 6.07 Å². The van der Waals surface area contributed by atoms with Gasteiger partial charge in [-0.25, -0.2) is 0 Å². The molecule has 0 fully saturated rings. The Bertz CT molecular complexity index is 585. The molecule has 1 unspecified atom stereocenters. The van der Waals surface area contributed by atoms with Crippen LogP contribution in [0.15, 0.2) is 38.6 Å². The Morgan fingerprint density at radius 3 is 2.71 bits per heavy atom. The molecular formula is C16H19Br2NOS. The van der Waals surface area contributed by atoms with E-state index in [1.165, 1.54) is 14.9 Å². The van der Waals surface area contributed by atoms with Crippen molar-refractivity contribution >= 4 is 43.2 Å². The standard InChI is InChI=1S/C16H19Br2NOS/c1-3-7-19-14(10-16-13(18)6-8-21-16)12-5-4-11(17)9-15(12)20-2/h4-6,8-9,14,19H,3,7,10H2,1-2H3. The Morgan fingerprint density at radius 2 is 2.10 bits per heavy atom. The van der Waals surface area contributed by atoms with Crippen molar-refractivity contribution < 1.29 is 4.74 Å². The zero-order valence-electron chi connectivity index (χ0n) is 12.2. The molecule has 0 radical (unpaired) electrons. The fourth-order valence-electron chi connectivity index (χ4n) is 2.24. The van der Waals surface area contributed by atoms with Crippen molar-refractivity contribution in [3.63, 3.8) is 0 Å². The van der Waals surface area contributed by atoms with Gasteiger partial charge < -0.3 is 10.1 Å². The number of halogens is 2. The van der Waals surface area contributed by atoms with E-state index < -0.39 is 0 Å². The maximum atomic E-state index is 5.56. The van der Waals surface area contributed by atoms with Gasteiger partial charge in [0.05, 0.1) is 7.11 Å². The van der Waals surface area contributed by atoms with Crippen LogP contribution in [0.3, 0.4) is 0 Å². The third kappa shape index (κ3) is 4.55. The normalized spacial score (nSPS) is 12.4. The number of rotatable bonds is 7. The van der Waals surface area contributed by atoms with Crippen LogP contribution in [0.1, 0.15) is 29.8 Å². The second-order valence-corrected chi connectivity index (χ2v) is 7.56. The molecule has 0 bridgehead atoms. The van der Waals surface area contributed by atoms with Crippen molar-refractivity contribution in [1.29, 1.82) is 0 Å². The SMILES string of the molecule is CCCNC(Cc1sccc1Br)c1ccc(Br)cc1OC. The molecule has 0 saturated carbocycles. The Balaban J connectivity index is 2.29. The number of hydrogen-bond donors (Lipinski definition) is 1. The lowest BCUT2D eigenvalue weighted by atomic mass is 10.0. The summed E-state index contributed by atoms with van der Waals surface area (Å²) in [6.07, 6.45) is 2.07. The molecule has 1 heterocycles. The third-order valence-electron chi connectivity index (χ3n) is 3.29. The summed E-state index contributed by atoms with van der Waals surface area (Å²) in [5.74, 6) is 0.922. The number of hydrogen-bond acceptors (Lipinski definition) is 3. The van der Waals surface area contributed by atoms with E-state index in [9.17, 15) is 0 Å². The molecular weight excluding hydrogens is 414 g/mol. The molecule has 21 heavy (non-hydrogen) atoms. The molecule has 2 rings (SSSR count). The molecule has 0 aliphatic rings. The topological polar surface area (TPSA) is 21.3 Å². The van der Waals surface area contributed by atoms with E-state index in [2.05, 4.69) is 67.7 Å². The highest BCUT2D eigenvalue weighted by Crippen LogP contribution is 2.33. The molecule has 1 aromatic heterocycles. The average molecular weight is 433 g/mol. The Labute approximate surface area is 147 Å². The van der Waals surface area contributed by atoms with E-state index in [-0.39, 0.29) is 6.04 Å². The van der Waals surface area contributed by atoms with E-state index in [4.69, 9.17) is 4.74 Å². The molecule has 114 valence electrons. The highest BCUT2D eigenvalue weighted by atomic mass is 79.9. The third-order valence-corrected chi connectivity index (χ3v) is 5.73. The van der Waals surface area contributed by atoms with E-state index in [0.29, 0.717) is 0 Å². The van der Waals surface area contributed by atoms with Gasteiger partial charge in [-0.3, -0.25) is 0 Å². The molecule has 1 N–H and O–H groups in total. The van der Waals surface area contributed by atoms with E-state index in [0.717, 1.165) is 29.6 Å². The lowest BCUT2D eigenvalue weighted by Crippen LogP contribution is -2.24. The van der Waals surface area contributed by atoms with Gasteiger partial charge >= 0.3 is 0 Å². The Kier molecular flexibility index (Phi) is 6.74. The molecule has 5 heteroatoms. The van der Waals surface area contributed by atoms with Crippen LogP contribution in [0, 0.1) is 0 Å². The van der Waals surface area contributed by atoms with Crippen molar-refractivity contribution in [3.05, 3.63) is 49.0 Å². The van der Waals surface area contributed by atoms with Gasteiger partial charge in [-0.1, -0.05) is 28.9 Å². The number of ether oxygens (including phenoxy) is 1. The smallest absolute Gasteiger partial charge is 0.124 e. The van der Waals surface area contributed by atoms with Gasteiger partial charge in [0.1, 0.15) is 5.75 Å². The minimum absolute atomic E-state index is 0.253. The molecule has 2 nitrogen and oxygen atoms in total. The molecule has 0 aliphatic carbocycles. The molecule has 2 aromatic rings. The van der Waals surface area contributed by atoms with Crippen molar-refractivity contribution in [3.8, 4) is 5.75 Å². The maximum absolute atomic E-state index is 5.56. The highest BCUT2D eigenvalue weighted by Gasteiger charge is 2.18. The first-order chi connectivity index (χ1) is 10.2. The van der Waals surface area contributed by atoms with Crippen LogP contribution in [0.25, 0.3) is 0 Å². The second kappa shape index (κ2) is 8.32. The van der Waals surface area contributed by atoms with Gasteiger partial charge in [0.25, 0.3) is 0 Å². The first-order valence-corrected chi connectivity index (χ1v) is 9.41. The predicted molar refractivity (Wildman–Crippen MR) is 97.5 cm³/mol. The quantitative estimate of drug-likeness (QED) is 0.617. The zero-order chi connectivity index (χ0) is 15.2. The summed E-state index contributed by atoms with van der Waals surface area (Å²) in [6.45, 7) is 3.18. The van der Waals surface area contributed by atoms with Crippen LogP contribution in [-0.2, 0) is 6.42 Å². The zero-order valence-corrected chi connectivity index (χ0v) is 16.1. The molecule has 0 amide bonds. The van der Waals surface area contributed by atoms with Gasteiger partial charge in [0.15, 0.2) is 0 Å². The summed E-state index contributed by atoms with van der Waals surface area (Å²) < 4.78 is 7.78. The first-order valence-electron chi connectivity index (χ1n) is 6.94. The van der Waals surface area contributed by atoms with Crippen molar-refractivity contribution in [2.45, 2.75) is 25.8 Å². The minimum Gasteiger partial charge on any atom is -0.496 e. The van der Waals surface area contributed by atoms with Crippen molar-refractivity contribution in [2.75, 3.05) is 13.7 Å². The summed E-state index contributed by atoms with van der Waals surface area (Å²) >= 11 is 8.92. The number of thiophene rings is 1. The number of methoxy groups -OCH3 is 1. The van der Waals surface area contributed by atoms with Crippen molar-refractivity contribution in [1.82, 2.24) is 5.32 Å². The van der Waals surface area contributed by atoms with Crippen molar-refractivity contribution in [2.24, 2.45) is 0 Å². The van der Waals surface area contributed by atoms with E-state index >= 15 is 0 Å². The number of nitrogens with one attached hydrogen (secondary N) is 1. The number of benzene rings is 1. The fraction of sp³-hybridized carbons (Fsp3) is 0.375. The second-order valence-electron chi connectivity index (χ2n) is 4.79. The van der Waals surface area contributed by atoms with Gasteiger partial charge in [0, 0.05) is 31.8 Å². The van der Waals surface area contributed by atoms with Crippen LogP contribution >= 0.6 is 43.2 Å². The predicted octanol–water partition coefficient (Wildman–Crippen LogP) is 5.57. The summed E-state index contributed by atoms with van der Waals surface area (Å²) in [6, 6.07) is 8.59. The molecule has 0 aliphatic heterocycles. The summed E-state index contributed by atoms with van der Waals surface area (Å²) in [5.41, 5.74) is 1.20. The first kappa shape index (κ1) is 17.0. The van der Waals surface area contributed by atoms with Crippen LogP contribution < -0.4 is 10.1 Å². The monoisotopic (exact) mass is 431 g/mol. The largest absolute Gasteiger partial charge is 0.496 e. The highest BCUT2D eigenvalue weighted by molar-refractivity contribution is 9.10. The van der Waals surface area contributed by atoms with Gasteiger partial charge in [-0.05, 0) is 52.5 Å². The van der Waals surface area contributed by atoms with Crippen LogP contribution in [0.2, 0.25) is 0 Å². The van der Waals surface area contributed by atoms with Gasteiger partial charge in [-0.2, -0.15) is 0 Å². The summed E-state index contributed by atoms with van der Waals surface area (Å²) in [5, 5.41) is 5.76. The van der Waals surface area contributed by atoms with Gasteiger partial charge in [0.2, 0.25) is 0 Å². The molecule has 0 spiro atoms. The van der Waals surface area contributed by atoms with Gasteiger partial charge in [-0.15, -0.1) is 11.3 Å². The lowest BCUT2D eigenvalue weighted by Gasteiger charge is -2.21. The maximum Gasteiger partial charge on any atom is 0.124 e. The van der Waals surface area contributed by atoms with Crippen LogP contribution in [0.4, 0.5) is 0 Å². The Hall–Kier alpha value is -0.360. The molecule has 1 aromatic carbocycles. The minimum atomic E-state index is 0.253. The summed E-state index contributed by atoms with van der Waals surface area (Å²) in [4.78, 5) is 1.36. The van der Waals surface area contributed by atoms with E-state index in [1.54, 1.807) is 18.4 Å². The Morgan fingerprint density at radius 1 is 1.29 bits per heavy atom. The molecule has 0 saturated heterocycles. The fourth-order valence-corrected chi connectivity index (χ4v) is 4.14. The molecule has 1 atom stereocenters. The van der Waals surface area contributed by atoms with Crippen LogP contribution in [0.5, 0.6) is 5.75 Å². The van der Waals surface area contributed by atoms with Crippen LogP contribution in [-0.4, -0.2) is 13.7 Å². The lowest BCUT2D eigenvalue weighted by molar-refractivity contribution is 0.398.